The molecular weight excluding hydrogens is 341 g/mol. The maximum Gasteiger partial charge on any atom is 0.183 e. The highest BCUT2D eigenvalue weighted by Crippen LogP contribution is 2.32. The van der Waals surface area contributed by atoms with Crippen LogP contribution in [-0.4, -0.2) is 26.3 Å². The molecule has 27 heavy (non-hydrogen) atoms. The van der Waals surface area contributed by atoms with E-state index in [0.717, 1.165) is 36.0 Å². The molecule has 3 aromatic carbocycles. The summed E-state index contributed by atoms with van der Waals surface area (Å²) < 4.78 is 25.4. The van der Waals surface area contributed by atoms with Crippen LogP contribution < -0.4 is 5.32 Å². The summed E-state index contributed by atoms with van der Waals surface area (Å²) in [5.74, 6) is 0.000964. The summed E-state index contributed by atoms with van der Waals surface area (Å²) in [6, 6.07) is 21.3. The number of halogens is 1. The van der Waals surface area contributed by atoms with Crippen molar-refractivity contribution in [2.75, 3.05) is 20.2 Å². The van der Waals surface area contributed by atoms with Gasteiger partial charge in [-0.1, -0.05) is 48.5 Å². The number of hydrogen-bond donors (Lipinski definition) is 1. The van der Waals surface area contributed by atoms with E-state index in [1.807, 2.05) is 24.3 Å². The molecule has 0 aliphatic carbocycles. The Bertz CT molecular complexity index is 896. The number of piperidine rings is 1. The molecule has 1 N–H and O–H groups in total. The molecule has 1 saturated heterocycles. The van der Waals surface area contributed by atoms with E-state index in [1.54, 1.807) is 7.11 Å². The predicted molar refractivity (Wildman–Crippen MR) is 105 cm³/mol. The second-order valence-electron chi connectivity index (χ2n) is 7.00. The summed E-state index contributed by atoms with van der Waals surface area (Å²) in [5.41, 5.74) is 2.11. The maximum absolute atomic E-state index is 13.3. The van der Waals surface area contributed by atoms with Gasteiger partial charge in [-0.2, -0.15) is 0 Å². The molecular formula is C23H24FNO2. The summed E-state index contributed by atoms with van der Waals surface area (Å²) in [4.78, 5) is 0. The van der Waals surface area contributed by atoms with Crippen molar-refractivity contribution in [2.24, 2.45) is 0 Å². The van der Waals surface area contributed by atoms with Crippen LogP contribution in [0.1, 0.15) is 29.8 Å². The van der Waals surface area contributed by atoms with Crippen molar-refractivity contribution in [2.45, 2.75) is 24.7 Å². The van der Waals surface area contributed by atoms with Crippen LogP contribution in [0.5, 0.6) is 0 Å². The number of fused-ring (bicyclic) bond motifs is 1. The molecule has 4 heteroatoms. The van der Waals surface area contributed by atoms with Crippen molar-refractivity contribution in [3.8, 4) is 0 Å². The molecule has 0 amide bonds. The second-order valence-corrected chi connectivity index (χ2v) is 7.00. The number of benzene rings is 3. The molecule has 3 unspecified atom stereocenters. The number of methoxy groups -OCH3 is 1. The number of nitrogens with one attached hydrogen (secondary N) is 1. The summed E-state index contributed by atoms with van der Waals surface area (Å²) >= 11 is 0. The number of ether oxygens (including phenoxy) is 2. The Kier molecular flexibility index (Phi) is 5.48. The second kappa shape index (κ2) is 8.17. The Morgan fingerprint density at radius 3 is 2.56 bits per heavy atom. The van der Waals surface area contributed by atoms with Gasteiger partial charge in [-0.05, 0) is 47.5 Å². The van der Waals surface area contributed by atoms with Crippen molar-refractivity contribution < 1.29 is 13.9 Å². The van der Waals surface area contributed by atoms with Crippen molar-refractivity contribution >= 4 is 10.8 Å². The summed E-state index contributed by atoms with van der Waals surface area (Å²) in [5, 5.41) is 5.76. The lowest BCUT2D eigenvalue weighted by molar-refractivity contribution is -0.168. The van der Waals surface area contributed by atoms with Gasteiger partial charge < -0.3 is 14.8 Å². The monoisotopic (exact) mass is 365 g/mol. The minimum Gasteiger partial charge on any atom is -0.352 e. The van der Waals surface area contributed by atoms with Gasteiger partial charge in [0.1, 0.15) is 5.82 Å². The summed E-state index contributed by atoms with van der Waals surface area (Å²) in [6.07, 6.45) is 0.466. The molecule has 1 aliphatic heterocycles. The fraction of sp³-hybridized carbons (Fsp3) is 0.304. The van der Waals surface area contributed by atoms with Gasteiger partial charge in [-0.15, -0.1) is 0 Å². The molecule has 3 aromatic rings. The molecule has 3 nitrogen and oxygen atoms in total. The lowest BCUT2D eigenvalue weighted by Gasteiger charge is -2.35. The first kappa shape index (κ1) is 18.1. The van der Waals surface area contributed by atoms with E-state index in [4.69, 9.17) is 9.47 Å². The van der Waals surface area contributed by atoms with Crippen LogP contribution in [0.15, 0.2) is 66.7 Å². The molecule has 3 atom stereocenters. The van der Waals surface area contributed by atoms with Gasteiger partial charge in [-0.3, -0.25) is 0 Å². The van der Waals surface area contributed by atoms with E-state index in [9.17, 15) is 4.39 Å². The molecule has 0 aromatic heterocycles. The van der Waals surface area contributed by atoms with E-state index in [0.29, 0.717) is 0 Å². The van der Waals surface area contributed by atoms with Crippen molar-refractivity contribution in [3.05, 3.63) is 83.7 Å². The van der Waals surface area contributed by atoms with E-state index in [2.05, 4.69) is 35.6 Å². The average Bonchev–Trinajstić information content (AvgIpc) is 2.72. The Labute approximate surface area is 159 Å². The third-order valence-electron chi connectivity index (χ3n) is 5.28. The number of hydrogen-bond acceptors (Lipinski definition) is 3. The average molecular weight is 365 g/mol. The zero-order valence-electron chi connectivity index (χ0n) is 15.4. The van der Waals surface area contributed by atoms with Crippen LogP contribution in [0.2, 0.25) is 0 Å². The van der Waals surface area contributed by atoms with Gasteiger partial charge in [0.2, 0.25) is 0 Å². The quantitative estimate of drug-likeness (QED) is 0.660. The fourth-order valence-electron chi connectivity index (χ4n) is 3.85. The van der Waals surface area contributed by atoms with Gasteiger partial charge in [-0.25, -0.2) is 4.39 Å². The summed E-state index contributed by atoms with van der Waals surface area (Å²) in [7, 11) is 1.67. The van der Waals surface area contributed by atoms with E-state index in [-0.39, 0.29) is 17.8 Å². The van der Waals surface area contributed by atoms with Crippen LogP contribution >= 0.6 is 0 Å². The maximum atomic E-state index is 13.3. The topological polar surface area (TPSA) is 30.5 Å². The van der Waals surface area contributed by atoms with Gasteiger partial charge in [0.15, 0.2) is 6.29 Å². The zero-order valence-corrected chi connectivity index (χ0v) is 15.4. The molecule has 0 bridgehead atoms. The van der Waals surface area contributed by atoms with Crippen LogP contribution in [-0.2, 0) is 9.47 Å². The first-order valence-electron chi connectivity index (χ1n) is 9.38. The molecule has 0 saturated carbocycles. The van der Waals surface area contributed by atoms with Gasteiger partial charge in [0.25, 0.3) is 0 Å². The number of rotatable bonds is 5. The highest BCUT2D eigenvalue weighted by atomic mass is 19.1. The Morgan fingerprint density at radius 1 is 1.00 bits per heavy atom. The van der Waals surface area contributed by atoms with Crippen molar-refractivity contribution in [1.29, 1.82) is 0 Å². The van der Waals surface area contributed by atoms with Crippen LogP contribution in [0.25, 0.3) is 10.8 Å². The Balaban J connectivity index is 1.57. The first-order chi connectivity index (χ1) is 13.2. The standard InChI is InChI=1S/C23H24FNO2/c1-26-23(19-7-6-16-4-2-3-5-18(16)14-19)27-22-15-25-13-12-21(22)17-8-10-20(24)11-9-17/h2-11,14,21-23,25H,12-13,15H2,1H3. The van der Waals surface area contributed by atoms with Crippen LogP contribution in [0, 0.1) is 5.82 Å². The Hall–Kier alpha value is -2.27. The molecule has 4 rings (SSSR count). The lowest BCUT2D eigenvalue weighted by atomic mass is 9.87. The largest absolute Gasteiger partial charge is 0.352 e. The molecule has 140 valence electrons. The normalized spacial score (nSPS) is 21.3. The van der Waals surface area contributed by atoms with Gasteiger partial charge in [0.05, 0.1) is 6.10 Å². The molecule has 1 fully saturated rings. The lowest BCUT2D eigenvalue weighted by Crippen LogP contribution is -2.41. The molecule has 0 radical (unpaired) electrons. The fourth-order valence-corrected chi connectivity index (χ4v) is 3.85. The minimum absolute atomic E-state index is 0.0411. The minimum atomic E-state index is -0.442. The third-order valence-corrected chi connectivity index (χ3v) is 5.28. The van der Waals surface area contributed by atoms with Gasteiger partial charge >= 0.3 is 0 Å². The SMILES string of the molecule is COC(OC1CNCCC1c1ccc(F)cc1)c1ccc2ccccc2c1. The third kappa shape index (κ3) is 4.03. The first-order valence-corrected chi connectivity index (χ1v) is 9.38. The van der Waals surface area contributed by atoms with Crippen molar-refractivity contribution in [1.82, 2.24) is 5.32 Å². The Morgan fingerprint density at radius 2 is 1.78 bits per heavy atom. The highest BCUT2D eigenvalue weighted by molar-refractivity contribution is 5.83. The molecule has 0 spiro atoms. The molecule has 1 aliphatic rings. The molecule has 1 heterocycles. The highest BCUT2D eigenvalue weighted by Gasteiger charge is 2.30. The van der Waals surface area contributed by atoms with E-state index >= 15 is 0 Å². The van der Waals surface area contributed by atoms with Crippen molar-refractivity contribution in [3.63, 3.8) is 0 Å². The summed E-state index contributed by atoms with van der Waals surface area (Å²) in [6.45, 7) is 1.67. The zero-order chi connectivity index (χ0) is 18.6. The smallest absolute Gasteiger partial charge is 0.183 e. The van der Waals surface area contributed by atoms with E-state index in [1.165, 1.54) is 17.5 Å². The van der Waals surface area contributed by atoms with Crippen LogP contribution in [0.4, 0.5) is 4.39 Å². The predicted octanol–water partition coefficient (Wildman–Crippen LogP) is 4.79. The van der Waals surface area contributed by atoms with E-state index < -0.39 is 6.29 Å². The van der Waals surface area contributed by atoms with Crippen LogP contribution in [0.3, 0.4) is 0 Å². The van der Waals surface area contributed by atoms with Gasteiger partial charge in [0, 0.05) is 25.1 Å².